The highest BCUT2D eigenvalue weighted by molar-refractivity contribution is 7.89. The average Bonchev–Trinajstić information content (AvgIpc) is 2.56. The normalized spacial score (nSPS) is 11.8. The van der Waals surface area contributed by atoms with Gasteiger partial charge in [-0.3, -0.25) is 4.79 Å². The molecular formula is C18H30N2O5S. The zero-order valence-electron chi connectivity index (χ0n) is 16.2. The van der Waals surface area contributed by atoms with Crippen molar-refractivity contribution in [1.82, 2.24) is 9.62 Å². The Balaban J connectivity index is 2.60. The van der Waals surface area contributed by atoms with E-state index in [-0.39, 0.29) is 23.5 Å². The van der Waals surface area contributed by atoms with Crippen molar-refractivity contribution in [1.29, 1.82) is 0 Å². The fourth-order valence-electron chi connectivity index (χ4n) is 2.24. The Morgan fingerprint density at radius 3 is 2.58 bits per heavy atom. The van der Waals surface area contributed by atoms with Gasteiger partial charge in [-0.2, -0.15) is 4.31 Å². The molecule has 0 bridgehead atoms. The smallest absolute Gasteiger partial charge is 0.243 e. The zero-order valence-corrected chi connectivity index (χ0v) is 17.1. The number of nitrogens with one attached hydrogen (secondary N) is 1. The second kappa shape index (κ2) is 10.5. The monoisotopic (exact) mass is 386 g/mol. The number of amides is 1. The third-order valence-corrected chi connectivity index (χ3v) is 5.41. The Morgan fingerprint density at radius 1 is 1.31 bits per heavy atom. The summed E-state index contributed by atoms with van der Waals surface area (Å²) in [6.45, 7) is 8.82. The second-order valence-corrected chi connectivity index (χ2v) is 8.29. The number of aryl methyl sites for hydroxylation is 1. The molecule has 0 aliphatic rings. The maximum Gasteiger partial charge on any atom is 0.243 e. The number of rotatable bonds is 11. The fourth-order valence-corrected chi connectivity index (χ4v) is 3.45. The lowest BCUT2D eigenvalue weighted by atomic mass is 10.2. The summed E-state index contributed by atoms with van der Waals surface area (Å²) in [6.07, 6.45) is 0.831. The van der Waals surface area contributed by atoms with E-state index in [1.807, 2.05) is 20.8 Å². The Hall–Kier alpha value is -1.64. The highest BCUT2D eigenvalue weighted by atomic mass is 32.2. The maximum atomic E-state index is 12.6. The van der Waals surface area contributed by atoms with Crippen LogP contribution in [0.25, 0.3) is 0 Å². The molecule has 0 heterocycles. The zero-order chi connectivity index (χ0) is 19.7. The molecule has 148 valence electrons. The van der Waals surface area contributed by atoms with Crippen LogP contribution in [0, 0.1) is 6.92 Å². The minimum Gasteiger partial charge on any atom is -0.494 e. The minimum atomic E-state index is -3.74. The van der Waals surface area contributed by atoms with Crippen LogP contribution in [0.4, 0.5) is 0 Å². The van der Waals surface area contributed by atoms with Gasteiger partial charge in [-0.05, 0) is 57.9 Å². The minimum absolute atomic E-state index is 0.138. The van der Waals surface area contributed by atoms with Crippen molar-refractivity contribution >= 4 is 15.9 Å². The maximum absolute atomic E-state index is 12.6. The predicted octanol–water partition coefficient (Wildman–Crippen LogP) is 1.95. The molecule has 0 saturated carbocycles. The van der Waals surface area contributed by atoms with Crippen LogP contribution in [-0.2, 0) is 19.6 Å². The van der Waals surface area contributed by atoms with Crippen molar-refractivity contribution in [2.24, 2.45) is 0 Å². The van der Waals surface area contributed by atoms with Gasteiger partial charge in [-0.25, -0.2) is 8.42 Å². The third-order valence-electron chi connectivity index (χ3n) is 3.62. The van der Waals surface area contributed by atoms with Gasteiger partial charge in [-0.15, -0.1) is 0 Å². The van der Waals surface area contributed by atoms with Gasteiger partial charge in [-0.1, -0.05) is 0 Å². The van der Waals surface area contributed by atoms with Crippen LogP contribution in [-0.4, -0.2) is 58.1 Å². The summed E-state index contributed by atoms with van der Waals surface area (Å²) < 4.78 is 37.1. The van der Waals surface area contributed by atoms with Crippen molar-refractivity contribution in [3.63, 3.8) is 0 Å². The van der Waals surface area contributed by atoms with Crippen molar-refractivity contribution in [3.8, 4) is 5.75 Å². The van der Waals surface area contributed by atoms with Crippen LogP contribution in [0.5, 0.6) is 5.75 Å². The lowest BCUT2D eigenvalue weighted by Gasteiger charge is -2.18. The Kier molecular flexibility index (Phi) is 9.04. The van der Waals surface area contributed by atoms with E-state index < -0.39 is 10.0 Å². The van der Waals surface area contributed by atoms with E-state index in [0.29, 0.717) is 31.9 Å². The molecule has 0 fully saturated rings. The predicted molar refractivity (Wildman–Crippen MR) is 101 cm³/mol. The largest absolute Gasteiger partial charge is 0.494 e. The van der Waals surface area contributed by atoms with E-state index in [9.17, 15) is 13.2 Å². The van der Waals surface area contributed by atoms with E-state index in [2.05, 4.69) is 5.32 Å². The number of benzene rings is 1. The van der Waals surface area contributed by atoms with E-state index in [4.69, 9.17) is 9.47 Å². The standard InChI is InChI=1S/C18H30N2O5S/c1-6-24-17-9-8-16(12-15(17)4)26(22,23)20(5)13-18(21)19-10-7-11-25-14(2)3/h8-9,12,14H,6-7,10-11,13H2,1-5H3,(H,19,21). The van der Waals surface area contributed by atoms with Crippen molar-refractivity contribution in [2.75, 3.05) is 33.4 Å². The van der Waals surface area contributed by atoms with E-state index in [0.717, 1.165) is 9.87 Å². The van der Waals surface area contributed by atoms with Gasteiger partial charge >= 0.3 is 0 Å². The van der Waals surface area contributed by atoms with Crippen LogP contribution in [0.2, 0.25) is 0 Å². The molecular weight excluding hydrogens is 356 g/mol. The third kappa shape index (κ3) is 6.93. The molecule has 8 heteroatoms. The van der Waals surface area contributed by atoms with Gasteiger partial charge < -0.3 is 14.8 Å². The van der Waals surface area contributed by atoms with Gasteiger partial charge in [0.05, 0.1) is 24.2 Å². The number of carbonyl (C=O) groups is 1. The quantitative estimate of drug-likeness (QED) is 0.588. The summed E-state index contributed by atoms with van der Waals surface area (Å²) in [7, 11) is -2.35. The fraction of sp³-hybridized carbons (Fsp3) is 0.611. The topological polar surface area (TPSA) is 84.9 Å². The molecule has 0 radical (unpaired) electrons. The van der Waals surface area contributed by atoms with Crippen LogP contribution >= 0.6 is 0 Å². The van der Waals surface area contributed by atoms with E-state index in [1.165, 1.54) is 13.1 Å². The number of sulfonamides is 1. The van der Waals surface area contributed by atoms with Gasteiger partial charge in [0.25, 0.3) is 0 Å². The molecule has 0 saturated heterocycles. The lowest BCUT2D eigenvalue weighted by molar-refractivity contribution is -0.121. The number of nitrogens with zero attached hydrogens (tertiary/aromatic N) is 1. The Labute approximate surface area is 156 Å². The highest BCUT2D eigenvalue weighted by Crippen LogP contribution is 2.23. The highest BCUT2D eigenvalue weighted by Gasteiger charge is 2.23. The first-order valence-corrected chi connectivity index (χ1v) is 10.2. The SMILES string of the molecule is CCOc1ccc(S(=O)(=O)N(C)CC(=O)NCCCOC(C)C)cc1C. The first-order chi connectivity index (χ1) is 12.2. The first kappa shape index (κ1) is 22.4. The molecule has 0 spiro atoms. The number of ether oxygens (including phenoxy) is 2. The summed E-state index contributed by atoms with van der Waals surface area (Å²) in [6, 6.07) is 4.68. The molecule has 7 nitrogen and oxygen atoms in total. The molecule has 1 rings (SSSR count). The molecule has 0 atom stereocenters. The summed E-state index contributed by atoms with van der Waals surface area (Å²) in [5, 5.41) is 2.70. The summed E-state index contributed by atoms with van der Waals surface area (Å²) in [5.74, 6) is 0.304. The molecule has 1 N–H and O–H groups in total. The molecule has 0 unspecified atom stereocenters. The average molecular weight is 387 g/mol. The van der Waals surface area contributed by atoms with Crippen LogP contribution in [0.3, 0.4) is 0 Å². The molecule has 0 aliphatic carbocycles. The Morgan fingerprint density at radius 2 is 2.00 bits per heavy atom. The molecule has 26 heavy (non-hydrogen) atoms. The molecule has 0 aromatic heterocycles. The Bertz CT molecular complexity index is 689. The summed E-state index contributed by atoms with van der Waals surface area (Å²) in [4.78, 5) is 12.1. The number of likely N-dealkylation sites (N-methyl/N-ethyl adjacent to an activating group) is 1. The summed E-state index contributed by atoms with van der Waals surface area (Å²) in [5.41, 5.74) is 0.732. The van der Waals surface area contributed by atoms with Crippen LogP contribution in [0.1, 0.15) is 32.8 Å². The number of hydrogen-bond acceptors (Lipinski definition) is 5. The molecule has 1 aromatic rings. The number of carbonyl (C=O) groups excluding carboxylic acids is 1. The van der Waals surface area contributed by atoms with Crippen molar-refractivity contribution in [2.45, 2.75) is 45.1 Å². The molecule has 1 amide bonds. The van der Waals surface area contributed by atoms with E-state index >= 15 is 0 Å². The van der Waals surface area contributed by atoms with Crippen LogP contribution in [0.15, 0.2) is 23.1 Å². The lowest BCUT2D eigenvalue weighted by Crippen LogP contribution is -2.38. The second-order valence-electron chi connectivity index (χ2n) is 6.24. The molecule has 1 aromatic carbocycles. The summed E-state index contributed by atoms with van der Waals surface area (Å²) >= 11 is 0. The molecule has 0 aliphatic heterocycles. The van der Waals surface area contributed by atoms with Crippen molar-refractivity contribution < 1.29 is 22.7 Å². The van der Waals surface area contributed by atoms with Crippen molar-refractivity contribution in [3.05, 3.63) is 23.8 Å². The van der Waals surface area contributed by atoms with Gasteiger partial charge in [0.1, 0.15) is 5.75 Å². The van der Waals surface area contributed by atoms with Gasteiger partial charge in [0, 0.05) is 20.2 Å². The number of hydrogen-bond donors (Lipinski definition) is 1. The van der Waals surface area contributed by atoms with Gasteiger partial charge in [0.15, 0.2) is 0 Å². The van der Waals surface area contributed by atoms with E-state index in [1.54, 1.807) is 19.1 Å². The van der Waals surface area contributed by atoms with Gasteiger partial charge in [0.2, 0.25) is 15.9 Å². The van der Waals surface area contributed by atoms with Crippen LogP contribution < -0.4 is 10.1 Å². The first-order valence-electron chi connectivity index (χ1n) is 8.76.